The Bertz CT molecular complexity index is 754. The van der Waals surface area contributed by atoms with Crippen molar-refractivity contribution in [1.29, 1.82) is 0 Å². The van der Waals surface area contributed by atoms with Crippen LogP contribution in [-0.4, -0.2) is 55.5 Å². The van der Waals surface area contributed by atoms with Crippen LogP contribution in [0.3, 0.4) is 0 Å². The van der Waals surface area contributed by atoms with Gasteiger partial charge in [-0.2, -0.15) is 5.10 Å². The zero-order valence-corrected chi connectivity index (χ0v) is 16.5. The van der Waals surface area contributed by atoms with Crippen LogP contribution < -0.4 is 14.8 Å². The second-order valence-electron chi connectivity index (χ2n) is 6.24. The van der Waals surface area contributed by atoms with Crippen LogP contribution in [0.4, 0.5) is 0 Å². The molecule has 0 spiro atoms. The molecule has 1 aromatic carbocycles. The van der Waals surface area contributed by atoms with Gasteiger partial charge in [-0.25, -0.2) is 0 Å². The molecule has 0 amide bonds. The first-order valence-corrected chi connectivity index (χ1v) is 8.60. The second-order valence-corrected chi connectivity index (χ2v) is 6.24. The summed E-state index contributed by atoms with van der Waals surface area (Å²) in [6, 6.07) is 4.02. The lowest BCUT2D eigenvalue weighted by Crippen LogP contribution is -2.40. The van der Waals surface area contributed by atoms with E-state index in [4.69, 9.17) is 9.47 Å². The lowest BCUT2D eigenvalue weighted by atomic mass is 10.1. The molecule has 1 heterocycles. The number of ether oxygens (including phenoxy) is 2. The normalized spacial score (nSPS) is 11.4. The maximum atomic E-state index is 5.42. The first kappa shape index (κ1) is 19.6. The van der Waals surface area contributed by atoms with Crippen LogP contribution in [0.2, 0.25) is 0 Å². The summed E-state index contributed by atoms with van der Waals surface area (Å²) in [4.78, 5) is 6.46. The number of hydrogen-bond acceptors (Lipinski definition) is 4. The third kappa shape index (κ3) is 4.91. The van der Waals surface area contributed by atoms with E-state index in [1.165, 1.54) is 0 Å². The number of aryl methyl sites for hydroxylation is 2. The average Bonchev–Trinajstić information content (AvgIpc) is 3.05. The Morgan fingerprint density at radius 1 is 1.23 bits per heavy atom. The standard InChI is InChI=1S/C19H29N5O2/c1-14-11-22-24(12-14)8-7-21-19(20-3)23(4)13-16-10-18(26-6)17(25-5)9-15(16)2/h9-12H,7-8,13H2,1-6H3,(H,20,21). The van der Waals surface area contributed by atoms with E-state index in [-0.39, 0.29) is 0 Å². The fraction of sp³-hybridized carbons (Fsp3) is 0.474. The number of nitrogens with one attached hydrogen (secondary N) is 1. The Hall–Kier alpha value is -2.70. The van der Waals surface area contributed by atoms with Crippen LogP contribution in [0.5, 0.6) is 11.5 Å². The molecule has 1 aromatic heterocycles. The minimum Gasteiger partial charge on any atom is -0.493 e. The molecule has 7 nitrogen and oxygen atoms in total. The Morgan fingerprint density at radius 3 is 2.50 bits per heavy atom. The molecule has 0 atom stereocenters. The lowest BCUT2D eigenvalue weighted by Gasteiger charge is -2.23. The Labute approximate surface area is 155 Å². The summed E-state index contributed by atoms with van der Waals surface area (Å²) >= 11 is 0. The molecule has 0 saturated carbocycles. The number of aromatic nitrogens is 2. The largest absolute Gasteiger partial charge is 0.493 e. The quantitative estimate of drug-likeness (QED) is 0.607. The summed E-state index contributed by atoms with van der Waals surface area (Å²) in [5.74, 6) is 2.31. The summed E-state index contributed by atoms with van der Waals surface area (Å²) in [5, 5.41) is 7.67. The zero-order valence-electron chi connectivity index (χ0n) is 16.5. The molecule has 0 radical (unpaired) electrons. The molecule has 2 aromatic rings. The van der Waals surface area contributed by atoms with Gasteiger partial charge in [-0.3, -0.25) is 9.67 Å². The van der Waals surface area contributed by atoms with Crippen molar-refractivity contribution >= 4 is 5.96 Å². The van der Waals surface area contributed by atoms with Crippen molar-refractivity contribution < 1.29 is 9.47 Å². The smallest absolute Gasteiger partial charge is 0.193 e. The molecule has 1 N–H and O–H groups in total. The van der Waals surface area contributed by atoms with E-state index in [9.17, 15) is 0 Å². The van der Waals surface area contributed by atoms with Crippen LogP contribution >= 0.6 is 0 Å². The number of aliphatic imine (C=N–C) groups is 1. The monoisotopic (exact) mass is 359 g/mol. The molecule has 0 aliphatic heterocycles. The van der Waals surface area contributed by atoms with Crippen molar-refractivity contribution in [2.24, 2.45) is 4.99 Å². The van der Waals surface area contributed by atoms with E-state index in [2.05, 4.69) is 27.2 Å². The van der Waals surface area contributed by atoms with E-state index in [1.54, 1.807) is 21.3 Å². The third-order valence-electron chi connectivity index (χ3n) is 4.21. The fourth-order valence-corrected chi connectivity index (χ4v) is 2.78. The van der Waals surface area contributed by atoms with Crippen LogP contribution in [0.25, 0.3) is 0 Å². The Balaban J connectivity index is 1.99. The first-order valence-electron chi connectivity index (χ1n) is 8.60. The van der Waals surface area contributed by atoms with Gasteiger partial charge in [0.15, 0.2) is 17.5 Å². The second kappa shape index (κ2) is 9.12. The van der Waals surface area contributed by atoms with Crippen LogP contribution in [-0.2, 0) is 13.1 Å². The minimum atomic E-state index is 0.715. The van der Waals surface area contributed by atoms with Gasteiger partial charge in [0, 0.05) is 33.4 Å². The zero-order chi connectivity index (χ0) is 19.1. The predicted octanol–water partition coefficient (Wildman–Crippen LogP) is 2.22. The van der Waals surface area contributed by atoms with Gasteiger partial charge >= 0.3 is 0 Å². The van der Waals surface area contributed by atoms with Gasteiger partial charge in [-0.05, 0) is 42.7 Å². The highest BCUT2D eigenvalue weighted by atomic mass is 16.5. The van der Waals surface area contributed by atoms with Crippen molar-refractivity contribution in [3.05, 3.63) is 41.2 Å². The first-order chi connectivity index (χ1) is 12.5. The van der Waals surface area contributed by atoms with E-state index in [0.29, 0.717) is 6.54 Å². The third-order valence-corrected chi connectivity index (χ3v) is 4.21. The molecular weight excluding hydrogens is 330 g/mol. The summed E-state index contributed by atoms with van der Waals surface area (Å²) in [5.41, 5.74) is 3.48. The molecule has 2 rings (SSSR count). The molecule has 0 aliphatic rings. The van der Waals surface area contributed by atoms with Crippen molar-refractivity contribution in [3.8, 4) is 11.5 Å². The Kier molecular flexibility index (Phi) is 6.89. The lowest BCUT2D eigenvalue weighted by molar-refractivity contribution is 0.353. The topological polar surface area (TPSA) is 63.9 Å². The Morgan fingerprint density at radius 2 is 1.92 bits per heavy atom. The van der Waals surface area contributed by atoms with Crippen molar-refractivity contribution in [1.82, 2.24) is 20.0 Å². The molecule has 0 fully saturated rings. The van der Waals surface area contributed by atoms with Gasteiger partial charge in [-0.1, -0.05) is 0 Å². The molecule has 7 heteroatoms. The van der Waals surface area contributed by atoms with E-state index >= 15 is 0 Å². The molecule has 142 valence electrons. The molecule has 0 bridgehead atoms. The van der Waals surface area contributed by atoms with Gasteiger partial charge in [0.2, 0.25) is 0 Å². The number of benzene rings is 1. The maximum Gasteiger partial charge on any atom is 0.193 e. The van der Waals surface area contributed by atoms with Gasteiger partial charge < -0.3 is 19.7 Å². The number of guanidine groups is 1. The van der Waals surface area contributed by atoms with E-state index in [1.807, 2.05) is 43.2 Å². The average molecular weight is 359 g/mol. The summed E-state index contributed by atoms with van der Waals surface area (Å²) in [7, 11) is 7.11. The fourth-order valence-electron chi connectivity index (χ4n) is 2.78. The van der Waals surface area contributed by atoms with Crippen molar-refractivity contribution in [2.45, 2.75) is 26.9 Å². The number of rotatable bonds is 7. The number of methoxy groups -OCH3 is 2. The van der Waals surface area contributed by atoms with Gasteiger partial charge in [0.25, 0.3) is 0 Å². The van der Waals surface area contributed by atoms with Gasteiger partial charge in [0.1, 0.15) is 0 Å². The number of nitrogens with zero attached hydrogens (tertiary/aromatic N) is 4. The minimum absolute atomic E-state index is 0.715. The van der Waals surface area contributed by atoms with E-state index in [0.717, 1.165) is 47.2 Å². The maximum absolute atomic E-state index is 5.42. The highest BCUT2D eigenvalue weighted by molar-refractivity contribution is 5.79. The summed E-state index contributed by atoms with van der Waals surface area (Å²) in [6.45, 7) is 6.36. The predicted molar refractivity (Wildman–Crippen MR) is 104 cm³/mol. The number of hydrogen-bond donors (Lipinski definition) is 1. The molecular formula is C19H29N5O2. The highest BCUT2D eigenvalue weighted by Gasteiger charge is 2.12. The molecule has 0 aliphatic carbocycles. The molecule has 0 saturated heterocycles. The van der Waals surface area contributed by atoms with Crippen LogP contribution in [0.1, 0.15) is 16.7 Å². The van der Waals surface area contributed by atoms with E-state index < -0.39 is 0 Å². The summed E-state index contributed by atoms with van der Waals surface area (Å²) < 4.78 is 12.7. The van der Waals surface area contributed by atoms with Crippen molar-refractivity contribution in [2.75, 3.05) is 34.9 Å². The highest BCUT2D eigenvalue weighted by Crippen LogP contribution is 2.30. The molecule has 0 unspecified atom stereocenters. The van der Waals surface area contributed by atoms with Gasteiger partial charge in [0.05, 0.1) is 27.0 Å². The van der Waals surface area contributed by atoms with Crippen molar-refractivity contribution in [3.63, 3.8) is 0 Å². The summed E-state index contributed by atoms with van der Waals surface area (Å²) in [6.07, 6.45) is 3.89. The molecule has 26 heavy (non-hydrogen) atoms. The van der Waals surface area contributed by atoms with Crippen LogP contribution in [0, 0.1) is 13.8 Å². The van der Waals surface area contributed by atoms with Crippen LogP contribution in [0.15, 0.2) is 29.5 Å². The SMILES string of the molecule is CN=C(NCCn1cc(C)cn1)N(C)Cc1cc(OC)c(OC)cc1C. The van der Waals surface area contributed by atoms with Gasteiger partial charge in [-0.15, -0.1) is 0 Å².